The average molecular weight is 531 g/mol. The van der Waals surface area contributed by atoms with Gasteiger partial charge in [0.25, 0.3) is 10.0 Å². The fraction of sp³-hybridized carbons (Fsp3) is 0.138. The van der Waals surface area contributed by atoms with Crippen molar-refractivity contribution in [1.29, 1.82) is 0 Å². The molecule has 1 aliphatic rings. The molecule has 0 aliphatic carbocycles. The summed E-state index contributed by atoms with van der Waals surface area (Å²) in [6, 6.07) is 31.1. The molecule has 0 spiro atoms. The van der Waals surface area contributed by atoms with Crippen LogP contribution in [-0.2, 0) is 14.8 Å². The first-order valence-electron chi connectivity index (χ1n) is 12.0. The van der Waals surface area contributed by atoms with E-state index in [-0.39, 0.29) is 18.0 Å². The van der Waals surface area contributed by atoms with Crippen molar-refractivity contribution < 1.29 is 27.4 Å². The Labute approximate surface area is 221 Å². The third-order valence-electron chi connectivity index (χ3n) is 5.82. The lowest BCUT2D eigenvalue weighted by Crippen LogP contribution is -2.45. The first-order valence-corrected chi connectivity index (χ1v) is 13.5. The van der Waals surface area contributed by atoms with Gasteiger partial charge in [0.1, 0.15) is 30.8 Å². The van der Waals surface area contributed by atoms with E-state index in [0.717, 1.165) is 4.31 Å². The first-order chi connectivity index (χ1) is 18.5. The second kappa shape index (κ2) is 11.3. The van der Waals surface area contributed by atoms with E-state index in [1.807, 2.05) is 48.5 Å². The highest BCUT2D eigenvalue weighted by Crippen LogP contribution is 2.31. The number of carbonyl (C=O) groups is 1. The van der Waals surface area contributed by atoms with E-state index in [1.54, 1.807) is 48.5 Å². The van der Waals surface area contributed by atoms with Crippen molar-refractivity contribution in [3.05, 3.63) is 109 Å². The SMILES string of the molecule is O=C(CN(c1ccc(Oc2ccccc2)cc1)S(=O)(=O)c1ccccc1)NCC1COc2ccccc2O1. The van der Waals surface area contributed by atoms with Crippen LogP contribution in [0.2, 0.25) is 0 Å². The Balaban J connectivity index is 1.31. The van der Waals surface area contributed by atoms with Crippen molar-refractivity contribution in [3.8, 4) is 23.0 Å². The van der Waals surface area contributed by atoms with Crippen LogP contribution >= 0.6 is 0 Å². The van der Waals surface area contributed by atoms with Crippen molar-refractivity contribution in [3.63, 3.8) is 0 Å². The van der Waals surface area contributed by atoms with Crippen molar-refractivity contribution in [2.75, 3.05) is 24.0 Å². The number of fused-ring (bicyclic) bond motifs is 1. The molecule has 1 aliphatic heterocycles. The summed E-state index contributed by atoms with van der Waals surface area (Å²) in [6.07, 6.45) is -0.401. The average Bonchev–Trinajstić information content (AvgIpc) is 2.96. The van der Waals surface area contributed by atoms with Gasteiger partial charge in [-0.1, -0.05) is 48.5 Å². The Morgan fingerprint density at radius 3 is 2.13 bits per heavy atom. The minimum Gasteiger partial charge on any atom is -0.486 e. The summed E-state index contributed by atoms with van der Waals surface area (Å²) in [6.45, 7) is 0.0166. The van der Waals surface area contributed by atoms with Gasteiger partial charge in [-0.25, -0.2) is 8.42 Å². The molecule has 1 N–H and O–H groups in total. The second-order valence-electron chi connectivity index (χ2n) is 8.54. The molecule has 5 rings (SSSR count). The van der Waals surface area contributed by atoms with Gasteiger partial charge in [0.15, 0.2) is 11.5 Å². The molecule has 1 amide bonds. The molecule has 194 valence electrons. The lowest BCUT2D eigenvalue weighted by Gasteiger charge is -2.27. The van der Waals surface area contributed by atoms with Crippen molar-refractivity contribution in [2.24, 2.45) is 0 Å². The van der Waals surface area contributed by atoms with Gasteiger partial charge < -0.3 is 19.5 Å². The number of hydrogen-bond donors (Lipinski definition) is 1. The summed E-state index contributed by atoms with van der Waals surface area (Å²) in [5.41, 5.74) is 0.329. The molecule has 0 radical (unpaired) electrons. The topological polar surface area (TPSA) is 94.2 Å². The zero-order chi connectivity index (χ0) is 26.4. The predicted octanol–water partition coefficient (Wildman–Crippen LogP) is 4.63. The highest BCUT2D eigenvalue weighted by Gasteiger charge is 2.28. The number of hydrogen-bond acceptors (Lipinski definition) is 6. The molecule has 4 aromatic rings. The van der Waals surface area contributed by atoms with Gasteiger partial charge in [-0.15, -0.1) is 0 Å². The number of nitrogens with zero attached hydrogens (tertiary/aromatic N) is 1. The van der Waals surface area contributed by atoms with Gasteiger partial charge in [0, 0.05) is 0 Å². The number of amides is 1. The quantitative estimate of drug-likeness (QED) is 0.339. The predicted molar refractivity (Wildman–Crippen MR) is 143 cm³/mol. The monoisotopic (exact) mass is 530 g/mol. The first kappa shape index (κ1) is 25.2. The molecule has 8 nitrogen and oxygen atoms in total. The molecule has 1 unspecified atom stereocenters. The van der Waals surface area contributed by atoms with Crippen molar-refractivity contribution in [1.82, 2.24) is 5.32 Å². The van der Waals surface area contributed by atoms with Crippen LogP contribution < -0.4 is 23.8 Å². The van der Waals surface area contributed by atoms with E-state index in [2.05, 4.69) is 5.32 Å². The Kier molecular flexibility index (Phi) is 7.46. The largest absolute Gasteiger partial charge is 0.486 e. The van der Waals surface area contributed by atoms with Crippen LogP contribution in [0.3, 0.4) is 0 Å². The lowest BCUT2D eigenvalue weighted by molar-refractivity contribution is -0.120. The Hall–Kier alpha value is -4.50. The lowest BCUT2D eigenvalue weighted by atomic mass is 10.2. The zero-order valence-electron chi connectivity index (χ0n) is 20.4. The summed E-state index contributed by atoms with van der Waals surface area (Å²) < 4.78 is 45.6. The Morgan fingerprint density at radius 1 is 0.816 bits per heavy atom. The minimum atomic E-state index is -4.03. The van der Waals surface area contributed by atoms with Crippen LogP contribution in [0, 0.1) is 0 Å². The van der Waals surface area contributed by atoms with E-state index in [4.69, 9.17) is 14.2 Å². The van der Waals surface area contributed by atoms with Crippen LogP contribution in [0.5, 0.6) is 23.0 Å². The summed E-state index contributed by atoms with van der Waals surface area (Å²) >= 11 is 0. The molecular weight excluding hydrogens is 504 g/mol. The Morgan fingerprint density at radius 2 is 1.42 bits per heavy atom. The maximum atomic E-state index is 13.6. The highest BCUT2D eigenvalue weighted by molar-refractivity contribution is 7.92. The summed E-state index contributed by atoms with van der Waals surface area (Å²) in [7, 11) is -4.03. The zero-order valence-corrected chi connectivity index (χ0v) is 21.2. The number of para-hydroxylation sites is 3. The third-order valence-corrected chi connectivity index (χ3v) is 7.60. The molecule has 1 heterocycles. The van der Waals surface area contributed by atoms with Gasteiger partial charge in [0.05, 0.1) is 17.1 Å². The molecule has 0 saturated heterocycles. The molecular formula is C29H26N2O6S. The van der Waals surface area contributed by atoms with Gasteiger partial charge in [-0.3, -0.25) is 9.10 Å². The molecule has 38 heavy (non-hydrogen) atoms. The fourth-order valence-corrected chi connectivity index (χ4v) is 5.36. The van der Waals surface area contributed by atoms with E-state index in [0.29, 0.717) is 28.7 Å². The van der Waals surface area contributed by atoms with E-state index in [9.17, 15) is 13.2 Å². The van der Waals surface area contributed by atoms with Crippen LogP contribution in [0.1, 0.15) is 0 Å². The summed E-state index contributed by atoms with van der Waals surface area (Å²) in [5.74, 6) is 1.97. The van der Waals surface area contributed by atoms with Crippen molar-refractivity contribution >= 4 is 21.6 Å². The molecule has 0 saturated carbocycles. The van der Waals surface area contributed by atoms with Gasteiger partial charge in [-0.2, -0.15) is 0 Å². The molecule has 1 atom stereocenters. The fourth-order valence-electron chi connectivity index (χ4n) is 3.92. The summed E-state index contributed by atoms with van der Waals surface area (Å²) in [4.78, 5) is 13.0. The number of ether oxygens (including phenoxy) is 3. The molecule has 0 bridgehead atoms. The van der Waals surface area contributed by atoms with Gasteiger partial charge in [-0.05, 0) is 60.7 Å². The maximum Gasteiger partial charge on any atom is 0.264 e. The van der Waals surface area contributed by atoms with Crippen LogP contribution in [-0.4, -0.2) is 40.1 Å². The molecule has 9 heteroatoms. The number of sulfonamides is 1. The number of benzene rings is 4. The van der Waals surface area contributed by atoms with E-state index < -0.39 is 28.6 Å². The Bertz CT molecular complexity index is 1480. The van der Waals surface area contributed by atoms with Gasteiger partial charge >= 0.3 is 0 Å². The number of rotatable bonds is 9. The molecule has 0 fully saturated rings. The van der Waals surface area contributed by atoms with Crippen LogP contribution in [0.4, 0.5) is 5.69 Å². The second-order valence-corrected chi connectivity index (χ2v) is 10.4. The highest BCUT2D eigenvalue weighted by atomic mass is 32.2. The number of nitrogens with one attached hydrogen (secondary N) is 1. The smallest absolute Gasteiger partial charge is 0.264 e. The maximum absolute atomic E-state index is 13.6. The van der Waals surface area contributed by atoms with Crippen LogP contribution in [0.25, 0.3) is 0 Å². The third kappa shape index (κ3) is 5.90. The normalized spacial score (nSPS) is 14.4. The molecule has 0 aromatic heterocycles. The standard InChI is InChI=1S/C29H26N2O6S/c32-29(30-19-25-21-35-27-13-7-8-14-28(27)37-25)20-31(38(33,34)26-11-5-2-6-12-26)22-15-17-24(18-16-22)36-23-9-3-1-4-10-23/h1-18,25H,19-21H2,(H,30,32). The van der Waals surface area contributed by atoms with Crippen LogP contribution in [0.15, 0.2) is 114 Å². The van der Waals surface area contributed by atoms with Gasteiger partial charge in [0.2, 0.25) is 5.91 Å². The van der Waals surface area contributed by atoms with E-state index >= 15 is 0 Å². The number of anilines is 1. The van der Waals surface area contributed by atoms with Crippen molar-refractivity contribution in [2.45, 2.75) is 11.0 Å². The van der Waals surface area contributed by atoms with E-state index in [1.165, 1.54) is 12.1 Å². The number of carbonyl (C=O) groups excluding carboxylic acids is 1. The minimum absolute atomic E-state index is 0.0815. The molecule has 4 aromatic carbocycles. The summed E-state index contributed by atoms with van der Waals surface area (Å²) in [5, 5.41) is 2.78.